The van der Waals surface area contributed by atoms with Gasteiger partial charge in [0, 0.05) is 38.2 Å². The molecule has 1 unspecified atom stereocenters. The number of carbonyl (C=O) groups is 1. The lowest BCUT2D eigenvalue weighted by Crippen LogP contribution is -2.42. The van der Waals surface area contributed by atoms with E-state index in [1.165, 1.54) is 36.7 Å². The highest BCUT2D eigenvalue weighted by Gasteiger charge is 2.33. The van der Waals surface area contributed by atoms with Crippen molar-refractivity contribution in [2.45, 2.75) is 19.2 Å². The van der Waals surface area contributed by atoms with Crippen LogP contribution in [0.5, 0.6) is 11.6 Å². The Morgan fingerprint density at radius 1 is 1.24 bits per heavy atom. The predicted molar refractivity (Wildman–Crippen MR) is 135 cm³/mol. The van der Waals surface area contributed by atoms with E-state index in [0.29, 0.717) is 40.8 Å². The third kappa shape index (κ3) is 5.98. The van der Waals surface area contributed by atoms with Gasteiger partial charge in [0.15, 0.2) is 10.9 Å². The summed E-state index contributed by atoms with van der Waals surface area (Å²) in [5.74, 6) is 0.320. The molecule has 14 heteroatoms. The minimum atomic E-state index is -4.61. The maximum absolute atomic E-state index is 13.4. The summed E-state index contributed by atoms with van der Waals surface area (Å²) in [6.07, 6.45) is -3.58. The van der Waals surface area contributed by atoms with Gasteiger partial charge >= 0.3 is 6.18 Å². The highest BCUT2D eigenvalue weighted by atomic mass is 32.1. The minimum absolute atomic E-state index is 0.0141. The lowest BCUT2D eigenvalue weighted by atomic mass is 10.1. The van der Waals surface area contributed by atoms with Crippen molar-refractivity contribution in [2.75, 3.05) is 36.9 Å². The molecule has 38 heavy (non-hydrogen) atoms. The van der Waals surface area contributed by atoms with Crippen LogP contribution in [-0.4, -0.2) is 58.2 Å². The van der Waals surface area contributed by atoms with E-state index in [-0.39, 0.29) is 30.3 Å². The van der Waals surface area contributed by atoms with Gasteiger partial charge in [-0.05, 0) is 24.3 Å². The Morgan fingerprint density at radius 2 is 2.11 bits per heavy atom. The molecule has 10 nitrogen and oxygen atoms in total. The number of alkyl halides is 3. The SMILES string of the molecule is CC(=O)Nc1nc2c(Oc3cc(-c4ccc(C(F)(F)F)nc4NCC4CNCCO4)ncn3)cccc2s1. The van der Waals surface area contributed by atoms with E-state index in [9.17, 15) is 18.0 Å². The lowest BCUT2D eigenvalue weighted by Gasteiger charge is -2.24. The van der Waals surface area contributed by atoms with Crippen LogP contribution in [0, 0.1) is 0 Å². The van der Waals surface area contributed by atoms with Crippen molar-refractivity contribution in [1.29, 1.82) is 0 Å². The molecule has 0 spiro atoms. The van der Waals surface area contributed by atoms with Crippen LogP contribution in [0.25, 0.3) is 21.5 Å². The fourth-order valence-electron chi connectivity index (χ4n) is 3.78. The van der Waals surface area contributed by atoms with Crippen molar-refractivity contribution in [3.05, 3.63) is 48.4 Å². The summed E-state index contributed by atoms with van der Waals surface area (Å²) in [6, 6.07) is 9.04. The molecule has 1 atom stereocenters. The molecule has 5 rings (SSSR count). The first-order chi connectivity index (χ1) is 18.3. The van der Waals surface area contributed by atoms with Crippen molar-refractivity contribution in [3.8, 4) is 22.9 Å². The zero-order valence-corrected chi connectivity index (χ0v) is 20.8. The molecule has 1 saturated heterocycles. The van der Waals surface area contributed by atoms with Crippen LogP contribution in [0.15, 0.2) is 42.7 Å². The van der Waals surface area contributed by atoms with E-state index in [1.54, 1.807) is 12.1 Å². The third-order valence-electron chi connectivity index (χ3n) is 5.48. The van der Waals surface area contributed by atoms with E-state index >= 15 is 0 Å². The van der Waals surface area contributed by atoms with Gasteiger partial charge in [-0.2, -0.15) is 13.2 Å². The van der Waals surface area contributed by atoms with Gasteiger partial charge in [0.25, 0.3) is 0 Å². The summed E-state index contributed by atoms with van der Waals surface area (Å²) in [7, 11) is 0. The normalized spacial score (nSPS) is 15.8. The van der Waals surface area contributed by atoms with Crippen molar-refractivity contribution in [2.24, 2.45) is 0 Å². The summed E-state index contributed by atoms with van der Waals surface area (Å²) < 4.78 is 52.6. The number of hydrogen-bond donors (Lipinski definition) is 3. The van der Waals surface area contributed by atoms with Gasteiger partial charge in [-0.25, -0.2) is 19.9 Å². The largest absolute Gasteiger partial charge is 0.437 e. The second-order valence-electron chi connectivity index (χ2n) is 8.31. The van der Waals surface area contributed by atoms with E-state index in [1.807, 2.05) is 6.07 Å². The summed E-state index contributed by atoms with van der Waals surface area (Å²) in [4.78, 5) is 28.0. The van der Waals surface area contributed by atoms with E-state index < -0.39 is 11.9 Å². The molecule has 1 aromatic carbocycles. The first kappa shape index (κ1) is 25.8. The van der Waals surface area contributed by atoms with Gasteiger partial charge in [0.2, 0.25) is 11.8 Å². The molecule has 1 aliphatic heterocycles. The van der Waals surface area contributed by atoms with Crippen LogP contribution in [-0.2, 0) is 15.7 Å². The number of morpholine rings is 1. The van der Waals surface area contributed by atoms with Gasteiger partial charge in [-0.3, -0.25) is 4.79 Å². The summed E-state index contributed by atoms with van der Waals surface area (Å²) >= 11 is 1.29. The van der Waals surface area contributed by atoms with Crippen LogP contribution >= 0.6 is 11.3 Å². The second-order valence-corrected chi connectivity index (χ2v) is 9.35. The number of halogens is 3. The van der Waals surface area contributed by atoms with Crippen LogP contribution in [0.3, 0.4) is 0 Å². The van der Waals surface area contributed by atoms with E-state index in [2.05, 4.69) is 35.9 Å². The predicted octanol–water partition coefficient (Wildman–Crippen LogP) is 4.32. The topological polar surface area (TPSA) is 123 Å². The maximum atomic E-state index is 13.4. The Labute approximate surface area is 218 Å². The quantitative estimate of drug-likeness (QED) is 0.312. The van der Waals surface area contributed by atoms with Crippen LogP contribution < -0.4 is 20.7 Å². The standard InChI is InChI=1S/C24H22F3N7O3S/c1-13(35)32-23-34-21-17(3-2-4-18(21)38-23)37-20-9-16(30-12-31-20)15-5-6-19(24(25,26)27)33-22(15)29-11-14-10-28-7-8-36-14/h2-6,9,12,14,28H,7-8,10-11H2,1H3,(H,29,33)(H,32,34,35). The number of pyridine rings is 1. The van der Waals surface area contributed by atoms with Gasteiger partial charge in [-0.15, -0.1) is 0 Å². The van der Waals surface area contributed by atoms with Crippen molar-refractivity contribution >= 4 is 38.4 Å². The summed E-state index contributed by atoms with van der Waals surface area (Å²) in [5.41, 5.74) is 0.155. The maximum Gasteiger partial charge on any atom is 0.433 e. The molecule has 1 fully saturated rings. The molecular formula is C24H22F3N7O3S. The average molecular weight is 546 g/mol. The number of nitrogens with one attached hydrogen (secondary N) is 3. The monoisotopic (exact) mass is 545 g/mol. The van der Waals surface area contributed by atoms with Crippen molar-refractivity contribution < 1.29 is 27.4 Å². The summed E-state index contributed by atoms with van der Waals surface area (Å²) in [5, 5.41) is 9.24. The molecule has 0 saturated carbocycles. The zero-order valence-electron chi connectivity index (χ0n) is 20.0. The number of benzene rings is 1. The third-order valence-corrected chi connectivity index (χ3v) is 6.42. The molecule has 4 heterocycles. The molecule has 0 radical (unpaired) electrons. The minimum Gasteiger partial charge on any atom is -0.437 e. The lowest BCUT2D eigenvalue weighted by molar-refractivity contribution is -0.141. The number of anilines is 2. The molecule has 0 bridgehead atoms. The Bertz CT molecular complexity index is 1460. The van der Waals surface area contributed by atoms with Gasteiger partial charge in [0.1, 0.15) is 23.4 Å². The van der Waals surface area contributed by atoms with Crippen LogP contribution in [0.4, 0.5) is 24.1 Å². The molecule has 1 amide bonds. The number of thiazole rings is 1. The van der Waals surface area contributed by atoms with Gasteiger partial charge in [0.05, 0.1) is 23.1 Å². The second kappa shape index (κ2) is 10.8. The average Bonchev–Trinajstić information content (AvgIpc) is 3.30. The Hall–Kier alpha value is -3.88. The number of para-hydroxylation sites is 1. The number of carbonyl (C=O) groups excluding carboxylic acids is 1. The number of hydrogen-bond acceptors (Lipinski definition) is 10. The van der Waals surface area contributed by atoms with Crippen LogP contribution in [0.1, 0.15) is 12.6 Å². The van der Waals surface area contributed by atoms with Crippen molar-refractivity contribution in [1.82, 2.24) is 25.3 Å². The highest BCUT2D eigenvalue weighted by Crippen LogP contribution is 2.36. The first-order valence-corrected chi connectivity index (χ1v) is 12.4. The molecular weight excluding hydrogens is 523 g/mol. The fraction of sp³-hybridized carbons (Fsp3) is 0.292. The number of nitrogens with zero attached hydrogens (tertiary/aromatic N) is 4. The Kier molecular flexibility index (Phi) is 7.35. The number of fused-ring (bicyclic) bond motifs is 1. The smallest absolute Gasteiger partial charge is 0.433 e. The molecule has 3 N–H and O–H groups in total. The molecule has 198 valence electrons. The highest BCUT2D eigenvalue weighted by molar-refractivity contribution is 7.22. The van der Waals surface area contributed by atoms with Gasteiger partial charge in [-0.1, -0.05) is 17.4 Å². The van der Waals surface area contributed by atoms with Gasteiger partial charge < -0.3 is 25.4 Å². The Balaban J connectivity index is 1.44. The van der Waals surface area contributed by atoms with Crippen molar-refractivity contribution in [3.63, 3.8) is 0 Å². The zero-order chi connectivity index (χ0) is 26.7. The Morgan fingerprint density at radius 3 is 2.87 bits per heavy atom. The molecule has 1 aliphatic rings. The fourth-order valence-corrected chi connectivity index (χ4v) is 4.71. The number of amides is 1. The number of aromatic nitrogens is 4. The first-order valence-electron chi connectivity index (χ1n) is 11.6. The number of ether oxygens (including phenoxy) is 2. The molecule has 3 aromatic heterocycles. The number of rotatable bonds is 7. The molecule has 4 aromatic rings. The molecule has 0 aliphatic carbocycles. The van der Waals surface area contributed by atoms with E-state index in [4.69, 9.17) is 9.47 Å². The van der Waals surface area contributed by atoms with Crippen LogP contribution in [0.2, 0.25) is 0 Å². The van der Waals surface area contributed by atoms with E-state index in [0.717, 1.165) is 17.3 Å². The summed E-state index contributed by atoms with van der Waals surface area (Å²) in [6.45, 7) is 3.45.